The maximum atomic E-state index is 7.37. The molecule has 0 aliphatic carbocycles. The lowest BCUT2D eigenvalue weighted by Gasteiger charge is -2.42. The van der Waals surface area contributed by atoms with Crippen molar-refractivity contribution in [3.8, 4) is 17.3 Å². The normalized spacial score (nSPS) is 13.5. The van der Waals surface area contributed by atoms with E-state index in [9.17, 15) is 0 Å². The van der Waals surface area contributed by atoms with Crippen LogP contribution in [0, 0.1) is 0 Å². The first-order chi connectivity index (χ1) is 29.0. The number of para-hydroxylation sites is 3. The number of aromatic nitrogens is 4. The number of rotatable bonds is 5. The summed E-state index contributed by atoms with van der Waals surface area (Å²) >= 11 is 0. The van der Waals surface area contributed by atoms with Gasteiger partial charge in [0.15, 0.2) is 8.07 Å². The van der Waals surface area contributed by atoms with Gasteiger partial charge in [-0.3, -0.25) is 8.97 Å². The summed E-state index contributed by atoms with van der Waals surface area (Å²) in [5.74, 6) is 2.67. The molecule has 0 fully saturated rings. The SMILES string of the molecule is CC1(C)c2ccccc2Oc2c1c([Si](c1ccccc1)(c1ccccc1)c1ccc3c4ccccc4n4ccnc4c3c1)cc1c2c2ccccc2n1-c1ccccn1. The first-order valence-corrected chi connectivity index (χ1v) is 22.2. The zero-order chi connectivity index (χ0) is 39.3. The first-order valence-electron chi connectivity index (χ1n) is 20.2. The highest BCUT2D eigenvalue weighted by Crippen LogP contribution is 2.52. The summed E-state index contributed by atoms with van der Waals surface area (Å²) < 4.78 is 11.9. The molecule has 5 heterocycles. The lowest BCUT2D eigenvalue weighted by atomic mass is 9.75. The van der Waals surface area contributed by atoms with Crippen molar-refractivity contribution in [2.24, 2.45) is 0 Å². The van der Waals surface area contributed by atoms with Crippen LogP contribution in [0.4, 0.5) is 0 Å². The van der Waals surface area contributed by atoms with E-state index in [4.69, 9.17) is 14.7 Å². The van der Waals surface area contributed by atoms with Crippen LogP contribution in [0.1, 0.15) is 25.0 Å². The highest BCUT2D eigenvalue weighted by atomic mass is 28.3. The molecule has 0 saturated heterocycles. The van der Waals surface area contributed by atoms with Gasteiger partial charge in [-0.25, -0.2) is 9.97 Å². The molecule has 1 aliphatic rings. The first kappa shape index (κ1) is 33.8. The monoisotopic (exact) mass is 774 g/mol. The number of pyridine rings is 2. The minimum absolute atomic E-state index is 0.437. The van der Waals surface area contributed by atoms with Crippen molar-refractivity contribution in [1.82, 2.24) is 18.9 Å². The van der Waals surface area contributed by atoms with Crippen molar-refractivity contribution >= 4 is 77.9 Å². The van der Waals surface area contributed by atoms with Gasteiger partial charge >= 0.3 is 0 Å². The Morgan fingerprint density at radius 3 is 1.97 bits per heavy atom. The molecule has 0 amide bonds. The fraction of sp³-hybridized carbons (Fsp3) is 0.0566. The molecule has 0 N–H and O–H groups in total. The van der Waals surface area contributed by atoms with Crippen LogP contribution in [0.15, 0.2) is 195 Å². The molecule has 5 nitrogen and oxygen atoms in total. The van der Waals surface area contributed by atoms with Crippen molar-refractivity contribution in [1.29, 1.82) is 0 Å². The predicted molar refractivity (Wildman–Crippen MR) is 245 cm³/mol. The van der Waals surface area contributed by atoms with E-state index >= 15 is 0 Å². The standard InChI is InChI=1S/C53H38N4OSi/c1-53(2)42-23-11-14-26-46(42)58-51-49-40-22-10-13-25-44(40)57(48-27-15-16-30-54-48)45(49)34-47(50(51)53)59(35-17-5-3-6-18-35,36-19-7-4-8-20-36)37-28-29-38-39-21-9-12-24-43(39)56-32-31-55-52(56)41(38)33-37/h3-34H,1-2H3. The second-order valence-corrected chi connectivity index (χ2v) is 19.9. The van der Waals surface area contributed by atoms with Gasteiger partial charge in [0.2, 0.25) is 0 Å². The quantitative estimate of drug-likeness (QED) is 0.0994. The summed E-state index contributed by atoms with van der Waals surface area (Å²) in [4.78, 5) is 9.99. The molecule has 4 aromatic heterocycles. The molecule has 0 unspecified atom stereocenters. The fourth-order valence-electron chi connectivity index (χ4n) is 10.3. The van der Waals surface area contributed by atoms with E-state index < -0.39 is 13.5 Å². The summed E-state index contributed by atoms with van der Waals surface area (Å²) in [5.41, 5.74) is 6.22. The number of fused-ring (bicyclic) bond motifs is 12. The molecule has 6 heteroatoms. The van der Waals surface area contributed by atoms with Crippen LogP contribution in [0.25, 0.3) is 54.9 Å². The Kier molecular flexibility index (Phi) is 7.23. The lowest BCUT2D eigenvalue weighted by Crippen LogP contribution is -2.76. The van der Waals surface area contributed by atoms with Crippen LogP contribution in [0.3, 0.4) is 0 Å². The number of imidazole rings is 1. The van der Waals surface area contributed by atoms with E-state index in [0.717, 1.165) is 55.7 Å². The summed E-state index contributed by atoms with van der Waals surface area (Å²) in [6.45, 7) is 4.77. The van der Waals surface area contributed by atoms with Crippen LogP contribution in [0.5, 0.6) is 11.5 Å². The average Bonchev–Trinajstić information content (AvgIpc) is 3.92. The molecular formula is C53H38N4OSi. The molecule has 1 aliphatic heterocycles. The second-order valence-electron chi connectivity index (χ2n) is 16.2. The van der Waals surface area contributed by atoms with E-state index in [1.807, 2.05) is 18.5 Å². The molecule has 0 bridgehead atoms. The van der Waals surface area contributed by atoms with E-state index in [2.05, 4.69) is 199 Å². The highest BCUT2D eigenvalue weighted by Gasteiger charge is 2.49. The van der Waals surface area contributed by atoms with Gasteiger partial charge in [-0.2, -0.15) is 0 Å². The van der Waals surface area contributed by atoms with Crippen LogP contribution in [-0.2, 0) is 5.41 Å². The second kappa shape index (κ2) is 12.6. The summed E-state index contributed by atoms with van der Waals surface area (Å²) in [6, 6.07) is 64.3. The van der Waals surface area contributed by atoms with Gasteiger partial charge in [0, 0.05) is 51.3 Å². The zero-order valence-electron chi connectivity index (χ0n) is 32.7. The van der Waals surface area contributed by atoms with Crippen molar-refractivity contribution < 1.29 is 4.74 Å². The predicted octanol–water partition coefficient (Wildman–Crippen LogP) is 9.94. The van der Waals surface area contributed by atoms with Gasteiger partial charge in [-0.15, -0.1) is 0 Å². The number of ether oxygens (including phenoxy) is 1. The van der Waals surface area contributed by atoms with Gasteiger partial charge in [-0.05, 0) is 62.5 Å². The minimum atomic E-state index is -3.28. The molecule has 59 heavy (non-hydrogen) atoms. The topological polar surface area (TPSA) is 44.4 Å². The Bertz CT molecular complexity index is 3410. The van der Waals surface area contributed by atoms with Gasteiger partial charge in [0.05, 0.1) is 21.9 Å². The summed E-state index contributed by atoms with van der Waals surface area (Å²) in [7, 11) is -3.28. The molecular weight excluding hydrogens is 737 g/mol. The molecule has 0 radical (unpaired) electrons. The van der Waals surface area contributed by atoms with E-state index in [1.54, 1.807) is 0 Å². The summed E-state index contributed by atoms with van der Waals surface area (Å²) in [5, 5.41) is 10.9. The third kappa shape index (κ3) is 4.66. The van der Waals surface area contributed by atoms with Crippen LogP contribution >= 0.6 is 0 Å². The number of hydrogen-bond acceptors (Lipinski definition) is 3. The largest absolute Gasteiger partial charge is 0.456 e. The van der Waals surface area contributed by atoms with Crippen molar-refractivity contribution in [2.75, 3.05) is 0 Å². The average molecular weight is 775 g/mol. The Balaban J connectivity index is 1.32. The molecule has 280 valence electrons. The van der Waals surface area contributed by atoms with Crippen LogP contribution < -0.4 is 25.5 Å². The highest BCUT2D eigenvalue weighted by molar-refractivity contribution is 7.20. The van der Waals surface area contributed by atoms with Crippen LogP contribution in [0.2, 0.25) is 0 Å². The smallest absolute Gasteiger partial charge is 0.180 e. The Morgan fingerprint density at radius 2 is 1.20 bits per heavy atom. The van der Waals surface area contributed by atoms with E-state index in [1.165, 1.54) is 42.6 Å². The summed E-state index contributed by atoms with van der Waals surface area (Å²) in [6.07, 6.45) is 5.89. The molecule has 11 aromatic rings. The number of nitrogens with zero attached hydrogens (tertiary/aromatic N) is 4. The van der Waals surface area contributed by atoms with E-state index in [-0.39, 0.29) is 0 Å². The number of hydrogen-bond donors (Lipinski definition) is 0. The maximum Gasteiger partial charge on any atom is 0.180 e. The maximum absolute atomic E-state index is 7.37. The van der Waals surface area contributed by atoms with Crippen molar-refractivity contribution in [2.45, 2.75) is 19.3 Å². The third-order valence-corrected chi connectivity index (χ3v) is 17.6. The van der Waals surface area contributed by atoms with E-state index in [0.29, 0.717) is 0 Å². The number of benzene rings is 7. The van der Waals surface area contributed by atoms with Gasteiger partial charge in [0.1, 0.15) is 23.0 Å². The van der Waals surface area contributed by atoms with Gasteiger partial charge in [0.25, 0.3) is 0 Å². The molecule has 0 spiro atoms. The van der Waals surface area contributed by atoms with Gasteiger partial charge in [-0.1, -0.05) is 153 Å². The Labute approximate surface area is 342 Å². The molecule has 0 saturated carbocycles. The fourth-order valence-corrected chi connectivity index (χ4v) is 15.5. The molecule has 7 aromatic carbocycles. The molecule has 12 rings (SSSR count). The molecule has 0 atom stereocenters. The zero-order valence-corrected chi connectivity index (χ0v) is 33.7. The lowest BCUT2D eigenvalue weighted by molar-refractivity contribution is 0.424. The Hall–Kier alpha value is -7.28. The van der Waals surface area contributed by atoms with Gasteiger partial charge < -0.3 is 4.74 Å². The van der Waals surface area contributed by atoms with Crippen LogP contribution in [-0.4, -0.2) is 27.0 Å². The Morgan fingerprint density at radius 1 is 0.525 bits per heavy atom. The van der Waals surface area contributed by atoms with Crippen molar-refractivity contribution in [3.05, 3.63) is 206 Å². The third-order valence-electron chi connectivity index (χ3n) is 12.8. The van der Waals surface area contributed by atoms with Crippen molar-refractivity contribution in [3.63, 3.8) is 0 Å². The minimum Gasteiger partial charge on any atom is -0.456 e.